The highest BCUT2D eigenvalue weighted by Gasteiger charge is 2.40. The van der Waals surface area contributed by atoms with Crippen molar-refractivity contribution < 1.29 is 13.2 Å². The average Bonchev–Trinajstić information content (AvgIpc) is 2.70. The maximum atomic E-state index is 12.7. The van der Waals surface area contributed by atoms with E-state index in [1.807, 2.05) is 13.8 Å². The van der Waals surface area contributed by atoms with E-state index in [2.05, 4.69) is 0 Å². The van der Waals surface area contributed by atoms with E-state index >= 15 is 0 Å². The molecule has 0 aliphatic carbocycles. The van der Waals surface area contributed by atoms with Crippen molar-refractivity contribution in [3.05, 3.63) is 18.0 Å². The van der Waals surface area contributed by atoms with Crippen LogP contribution in [-0.2, 0) is 27.7 Å². The maximum absolute atomic E-state index is 12.7. The predicted octanol–water partition coefficient (Wildman–Crippen LogP) is 1.56. The van der Waals surface area contributed by atoms with Gasteiger partial charge in [0.25, 0.3) is 0 Å². The molecule has 0 amide bonds. The smallest absolute Gasteiger partial charge is 0.245 e. The van der Waals surface area contributed by atoms with E-state index in [1.54, 1.807) is 23.9 Å². The van der Waals surface area contributed by atoms with Gasteiger partial charge in [0, 0.05) is 25.5 Å². The van der Waals surface area contributed by atoms with Crippen LogP contribution in [0.5, 0.6) is 0 Å². The first-order chi connectivity index (χ1) is 8.79. The minimum Gasteiger partial charge on any atom is -0.378 e. The van der Waals surface area contributed by atoms with Crippen LogP contribution in [0, 0.1) is 0 Å². The highest BCUT2D eigenvalue weighted by Crippen LogP contribution is 2.28. The van der Waals surface area contributed by atoms with Crippen LogP contribution in [0.15, 0.2) is 17.2 Å². The summed E-state index contributed by atoms with van der Waals surface area (Å²) in [7, 11) is -1.71. The van der Waals surface area contributed by atoms with E-state index in [1.165, 1.54) is 4.31 Å². The van der Waals surface area contributed by atoms with Crippen LogP contribution >= 0.6 is 11.6 Å². The first kappa shape index (κ1) is 14.8. The molecule has 1 fully saturated rings. The van der Waals surface area contributed by atoms with Gasteiger partial charge < -0.3 is 9.30 Å². The molecule has 0 atom stereocenters. The number of morpholine rings is 1. The monoisotopic (exact) mass is 306 g/mol. The Morgan fingerprint density at radius 1 is 1.47 bits per heavy atom. The summed E-state index contributed by atoms with van der Waals surface area (Å²) in [6.45, 7) is 4.95. The molecule has 0 spiro atoms. The average molecular weight is 307 g/mol. The lowest BCUT2D eigenvalue weighted by Gasteiger charge is -2.40. The molecule has 1 saturated heterocycles. The molecule has 2 heterocycles. The quantitative estimate of drug-likeness (QED) is 0.796. The number of nitrogens with zero attached hydrogens (tertiary/aromatic N) is 2. The fraction of sp³-hybridized carbons (Fsp3) is 0.667. The second-order valence-electron chi connectivity index (χ2n) is 5.35. The van der Waals surface area contributed by atoms with Crippen molar-refractivity contribution in [1.82, 2.24) is 8.87 Å². The third-order valence-electron chi connectivity index (χ3n) is 3.38. The predicted molar refractivity (Wildman–Crippen MR) is 73.8 cm³/mol. The van der Waals surface area contributed by atoms with Crippen LogP contribution in [0.25, 0.3) is 0 Å². The Balaban J connectivity index is 2.41. The van der Waals surface area contributed by atoms with Gasteiger partial charge in [0.05, 0.1) is 24.6 Å². The molecule has 0 N–H and O–H groups in total. The second-order valence-corrected chi connectivity index (χ2v) is 7.48. The van der Waals surface area contributed by atoms with Gasteiger partial charge in [-0.25, -0.2) is 8.42 Å². The van der Waals surface area contributed by atoms with Crippen molar-refractivity contribution in [3.8, 4) is 0 Å². The van der Waals surface area contributed by atoms with Gasteiger partial charge in [-0.05, 0) is 19.9 Å². The summed E-state index contributed by atoms with van der Waals surface area (Å²) in [5.41, 5.74) is 0.250. The van der Waals surface area contributed by atoms with Crippen LogP contribution in [0.4, 0.5) is 0 Å². The van der Waals surface area contributed by atoms with Gasteiger partial charge in [-0.1, -0.05) is 0 Å². The standard InChI is InChI=1S/C12H19ClN2O3S/c1-12(2)9-18-5-4-15(12)19(16,17)11-6-10(7-13)14(3)8-11/h6,8H,4-5,7,9H2,1-3H3. The summed E-state index contributed by atoms with van der Waals surface area (Å²) in [6, 6.07) is 1.63. The van der Waals surface area contributed by atoms with Gasteiger partial charge in [0.1, 0.15) is 4.90 Å². The third kappa shape index (κ3) is 2.67. The van der Waals surface area contributed by atoms with E-state index < -0.39 is 15.6 Å². The maximum Gasteiger partial charge on any atom is 0.245 e. The number of rotatable bonds is 3. The number of hydrogen-bond donors (Lipinski definition) is 0. The molecule has 0 aromatic carbocycles. The SMILES string of the molecule is Cn1cc(S(=O)(=O)N2CCOCC2(C)C)cc1CCl. The van der Waals surface area contributed by atoms with E-state index in [0.29, 0.717) is 30.5 Å². The van der Waals surface area contributed by atoms with Gasteiger partial charge in [-0.3, -0.25) is 0 Å². The highest BCUT2D eigenvalue weighted by atomic mass is 35.5. The van der Waals surface area contributed by atoms with Crippen molar-refractivity contribution in [2.75, 3.05) is 19.8 Å². The van der Waals surface area contributed by atoms with E-state index in [-0.39, 0.29) is 0 Å². The first-order valence-corrected chi connectivity index (χ1v) is 8.08. The Morgan fingerprint density at radius 3 is 2.68 bits per heavy atom. The van der Waals surface area contributed by atoms with Crippen molar-refractivity contribution in [3.63, 3.8) is 0 Å². The fourth-order valence-electron chi connectivity index (χ4n) is 2.27. The Hall–Kier alpha value is -0.560. The molecular formula is C12H19ClN2O3S. The van der Waals surface area contributed by atoms with E-state index in [4.69, 9.17) is 16.3 Å². The second kappa shape index (κ2) is 5.09. The molecule has 1 aliphatic rings. The number of aryl methyl sites for hydroxylation is 1. The Morgan fingerprint density at radius 2 is 2.16 bits per heavy atom. The number of ether oxygens (including phenoxy) is 1. The largest absolute Gasteiger partial charge is 0.378 e. The molecule has 108 valence electrons. The summed E-state index contributed by atoms with van der Waals surface area (Å²) < 4.78 is 34.0. The molecule has 0 unspecified atom stereocenters. The molecule has 0 saturated carbocycles. The van der Waals surface area contributed by atoms with Gasteiger partial charge in [-0.2, -0.15) is 4.31 Å². The Labute approximate surface area is 119 Å². The molecule has 0 radical (unpaired) electrons. The number of aromatic nitrogens is 1. The fourth-order valence-corrected chi connectivity index (χ4v) is 4.38. The number of sulfonamides is 1. The number of halogens is 1. The van der Waals surface area contributed by atoms with E-state index in [9.17, 15) is 8.42 Å². The van der Waals surface area contributed by atoms with Crippen LogP contribution in [0.2, 0.25) is 0 Å². The van der Waals surface area contributed by atoms with Crippen LogP contribution < -0.4 is 0 Å². The normalized spacial score (nSPS) is 20.6. The molecular weight excluding hydrogens is 288 g/mol. The molecule has 1 aliphatic heterocycles. The summed E-state index contributed by atoms with van der Waals surface area (Å²) >= 11 is 5.79. The first-order valence-electron chi connectivity index (χ1n) is 6.11. The number of alkyl halides is 1. The van der Waals surface area contributed by atoms with Crippen LogP contribution in [0.3, 0.4) is 0 Å². The summed E-state index contributed by atoms with van der Waals surface area (Å²) in [4.78, 5) is 0.292. The van der Waals surface area contributed by atoms with E-state index in [0.717, 1.165) is 5.69 Å². The molecule has 7 heteroatoms. The number of hydrogen-bond acceptors (Lipinski definition) is 3. The van der Waals surface area contributed by atoms with Crippen molar-refractivity contribution in [1.29, 1.82) is 0 Å². The summed E-state index contributed by atoms with van der Waals surface area (Å²) in [5.74, 6) is 0.290. The van der Waals surface area contributed by atoms with Gasteiger partial charge in [0.15, 0.2) is 0 Å². The van der Waals surface area contributed by atoms with Crippen molar-refractivity contribution in [2.45, 2.75) is 30.2 Å². The molecule has 1 aromatic heterocycles. The molecule has 1 aromatic rings. The molecule has 2 rings (SSSR count). The minimum atomic E-state index is -3.51. The molecule has 0 bridgehead atoms. The topological polar surface area (TPSA) is 51.5 Å². The van der Waals surface area contributed by atoms with Gasteiger partial charge >= 0.3 is 0 Å². The third-order valence-corrected chi connectivity index (χ3v) is 5.73. The Kier molecular flexibility index (Phi) is 3.97. The van der Waals surface area contributed by atoms with Crippen LogP contribution in [0.1, 0.15) is 19.5 Å². The van der Waals surface area contributed by atoms with Crippen molar-refractivity contribution >= 4 is 21.6 Å². The summed E-state index contributed by atoms with van der Waals surface area (Å²) in [6.07, 6.45) is 1.61. The highest BCUT2D eigenvalue weighted by molar-refractivity contribution is 7.89. The zero-order chi connectivity index (χ0) is 14.3. The van der Waals surface area contributed by atoms with Gasteiger partial charge in [0.2, 0.25) is 10.0 Å². The minimum absolute atomic E-state index is 0.290. The van der Waals surface area contributed by atoms with Crippen molar-refractivity contribution in [2.24, 2.45) is 7.05 Å². The molecule has 5 nitrogen and oxygen atoms in total. The lowest BCUT2D eigenvalue weighted by atomic mass is 10.1. The van der Waals surface area contributed by atoms with Crippen LogP contribution in [-0.4, -0.2) is 42.6 Å². The lowest BCUT2D eigenvalue weighted by Crippen LogP contribution is -2.55. The summed E-state index contributed by atoms with van der Waals surface area (Å²) in [5, 5.41) is 0. The van der Waals surface area contributed by atoms with Gasteiger partial charge in [-0.15, -0.1) is 11.6 Å². The Bertz CT molecular complexity index is 566. The molecule has 19 heavy (non-hydrogen) atoms. The zero-order valence-corrected chi connectivity index (χ0v) is 13.0. The zero-order valence-electron chi connectivity index (χ0n) is 11.4. The lowest BCUT2D eigenvalue weighted by molar-refractivity contribution is -0.00770.